The molecule has 3 aromatic heterocycles. The average molecular weight is 442 g/mol. The molecule has 3 N–H and O–H groups in total. The molecule has 10 heteroatoms. The van der Waals surface area contributed by atoms with Gasteiger partial charge in [0.15, 0.2) is 5.69 Å². The lowest BCUT2D eigenvalue weighted by Gasteiger charge is -2.30. The summed E-state index contributed by atoms with van der Waals surface area (Å²) in [5.74, 6) is 0.445. The van der Waals surface area contributed by atoms with Crippen molar-refractivity contribution < 1.29 is 18.0 Å². The average Bonchev–Trinajstić information content (AvgIpc) is 3.42. The summed E-state index contributed by atoms with van der Waals surface area (Å²) < 4.78 is 40.5. The van der Waals surface area contributed by atoms with E-state index < -0.39 is 11.9 Å². The number of hydrogen-bond donors (Lipinski definition) is 3. The number of fused-ring (bicyclic) bond motifs is 2. The molecule has 1 aliphatic carbocycles. The van der Waals surface area contributed by atoms with E-state index in [9.17, 15) is 18.0 Å². The minimum absolute atomic E-state index is 0.0450. The lowest BCUT2D eigenvalue weighted by atomic mass is 9.91. The predicted molar refractivity (Wildman–Crippen MR) is 113 cm³/mol. The number of alkyl halides is 3. The molecule has 0 saturated heterocycles. The summed E-state index contributed by atoms with van der Waals surface area (Å²) in [6, 6.07) is 10.6. The summed E-state index contributed by atoms with van der Waals surface area (Å²) in [6.45, 7) is 0. The van der Waals surface area contributed by atoms with Crippen LogP contribution in [0.5, 0.6) is 0 Å². The van der Waals surface area contributed by atoms with Gasteiger partial charge in [0.05, 0.1) is 17.3 Å². The molecule has 1 aliphatic rings. The van der Waals surface area contributed by atoms with Crippen LogP contribution in [-0.4, -0.2) is 37.6 Å². The second-order valence-corrected chi connectivity index (χ2v) is 8.07. The minimum atomic E-state index is -4.49. The number of halogens is 3. The topological polar surface area (TPSA) is 87.1 Å². The van der Waals surface area contributed by atoms with Crippen LogP contribution in [0, 0.1) is 0 Å². The van der Waals surface area contributed by atoms with Gasteiger partial charge >= 0.3 is 6.18 Å². The number of rotatable bonds is 4. The molecule has 1 saturated carbocycles. The van der Waals surface area contributed by atoms with Crippen molar-refractivity contribution in [3.8, 4) is 0 Å². The lowest BCUT2D eigenvalue weighted by molar-refractivity contribution is -0.140. The Morgan fingerprint density at radius 1 is 1.06 bits per heavy atom. The fourth-order valence-electron chi connectivity index (χ4n) is 4.29. The van der Waals surface area contributed by atoms with Gasteiger partial charge in [0.25, 0.3) is 5.91 Å². The molecule has 32 heavy (non-hydrogen) atoms. The first-order valence-corrected chi connectivity index (χ1v) is 10.4. The van der Waals surface area contributed by atoms with Crippen LogP contribution < -0.4 is 10.6 Å². The molecule has 166 valence electrons. The summed E-state index contributed by atoms with van der Waals surface area (Å²) in [5, 5.41) is 14.1. The van der Waals surface area contributed by atoms with E-state index in [2.05, 4.69) is 25.8 Å². The molecular formula is C22H21F3N6O. The third kappa shape index (κ3) is 3.88. The molecule has 5 rings (SSSR count). The number of benzene rings is 1. The van der Waals surface area contributed by atoms with Crippen molar-refractivity contribution in [1.82, 2.24) is 24.9 Å². The Balaban J connectivity index is 1.22. The van der Waals surface area contributed by atoms with E-state index in [0.717, 1.165) is 42.8 Å². The number of hydrogen-bond acceptors (Lipinski definition) is 4. The van der Waals surface area contributed by atoms with Crippen LogP contribution in [-0.2, 0) is 6.18 Å². The summed E-state index contributed by atoms with van der Waals surface area (Å²) in [5.41, 5.74) is 0.735. The van der Waals surface area contributed by atoms with Crippen LogP contribution in [0.15, 0.2) is 48.8 Å². The molecule has 0 aliphatic heterocycles. The smallest absolute Gasteiger partial charge is 0.368 e. The summed E-state index contributed by atoms with van der Waals surface area (Å²) in [4.78, 5) is 16.4. The number of imidazole rings is 1. The Kier molecular flexibility index (Phi) is 4.99. The van der Waals surface area contributed by atoms with E-state index in [4.69, 9.17) is 0 Å². The maximum absolute atomic E-state index is 13.0. The number of H-pyrrole nitrogens is 1. The maximum Gasteiger partial charge on any atom is 0.434 e. The van der Waals surface area contributed by atoms with E-state index in [1.807, 2.05) is 12.1 Å². The summed E-state index contributed by atoms with van der Waals surface area (Å²) in [7, 11) is 0. The van der Waals surface area contributed by atoms with Crippen molar-refractivity contribution in [2.24, 2.45) is 0 Å². The van der Waals surface area contributed by atoms with Gasteiger partial charge in [-0.15, -0.1) is 0 Å². The third-order valence-corrected chi connectivity index (χ3v) is 5.93. The fraction of sp³-hybridized carbons (Fsp3) is 0.318. The molecule has 0 radical (unpaired) electrons. The first kappa shape index (κ1) is 20.3. The van der Waals surface area contributed by atoms with Gasteiger partial charge in [-0.05, 0) is 49.9 Å². The van der Waals surface area contributed by atoms with E-state index in [-0.39, 0.29) is 23.6 Å². The number of pyridine rings is 1. The highest BCUT2D eigenvalue weighted by molar-refractivity contribution is 6.06. The molecule has 0 unspecified atom stereocenters. The lowest BCUT2D eigenvalue weighted by Crippen LogP contribution is -2.40. The van der Waals surface area contributed by atoms with Crippen LogP contribution in [0.25, 0.3) is 16.6 Å². The first-order chi connectivity index (χ1) is 15.4. The minimum Gasteiger partial charge on any atom is -0.368 e. The van der Waals surface area contributed by atoms with Gasteiger partial charge in [0.1, 0.15) is 11.5 Å². The summed E-state index contributed by atoms with van der Waals surface area (Å²) in [6.07, 6.45) is 1.30. The largest absolute Gasteiger partial charge is 0.434 e. The van der Waals surface area contributed by atoms with Crippen LogP contribution >= 0.6 is 0 Å². The molecule has 0 bridgehead atoms. The van der Waals surface area contributed by atoms with Crippen LogP contribution in [0.2, 0.25) is 0 Å². The molecule has 3 heterocycles. The van der Waals surface area contributed by atoms with Gasteiger partial charge < -0.3 is 10.6 Å². The van der Waals surface area contributed by atoms with Gasteiger partial charge in [0, 0.05) is 23.7 Å². The zero-order chi connectivity index (χ0) is 22.3. The number of aromatic amines is 1. The molecule has 0 spiro atoms. The molecule has 1 aromatic carbocycles. The molecular weight excluding hydrogens is 421 g/mol. The number of nitrogens with zero attached hydrogens (tertiary/aromatic N) is 3. The van der Waals surface area contributed by atoms with Crippen molar-refractivity contribution in [2.45, 2.75) is 43.9 Å². The summed E-state index contributed by atoms with van der Waals surface area (Å²) >= 11 is 0. The molecule has 1 fully saturated rings. The monoisotopic (exact) mass is 442 g/mol. The Labute approximate surface area is 181 Å². The van der Waals surface area contributed by atoms with Crippen LogP contribution in [0.4, 0.5) is 19.0 Å². The van der Waals surface area contributed by atoms with Gasteiger partial charge in [0.2, 0.25) is 0 Å². The number of anilines is 1. The van der Waals surface area contributed by atoms with Crippen molar-refractivity contribution in [2.75, 3.05) is 5.32 Å². The zero-order valence-electron chi connectivity index (χ0n) is 17.0. The first-order valence-electron chi connectivity index (χ1n) is 10.4. The van der Waals surface area contributed by atoms with E-state index in [1.165, 1.54) is 4.40 Å². The van der Waals surface area contributed by atoms with Crippen LogP contribution in [0.3, 0.4) is 0 Å². The maximum atomic E-state index is 13.0. The third-order valence-electron chi connectivity index (χ3n) is 5.93. The van der Waals surface area contributed by atoms with Gasteiger partial charge in [-0.3, -0.25) is 14.3 Å². The number of carbonyl (C=O) groups excluding carboxylic acids is 1. The number of amides is 1. The molecule has 7 nitrogen and oxygen atoms in total. The quantitative estimate of drug-likeness (QED) is 0.438. The predicted octanol–water partition coefficient (Wildman–Crippen LogP) is 4.38. The van der Waals surface area contributed by atoms with Gasteiger partial charge in [-0.2, -0.15) is 18.3 Å². The Hall–Kier alpha value is -3.56. The van der Waals surface area contributed by atoms with E-state index >= 15 is 0 Å². The van der Waals surface area contributed by atoms with Crippen molar-refractivity contribution in [3.05, 3.63) is 60.0 Å². The Bertz CT molecular complexity index is 1270. The highest BCUT2D eigenvalue weighted by Crippen LogP contribution is 2.30. The van der Waals surface area contributed by atoms with E-state index in [1.54, 1.807) is 30.5 Å². The van der Waals surface area contributed by atoms with Crippen molar-refractivity contribution in [1.29, 1.82) is 0 Å². The Morgan fingerprint density at radius 3 is 2.59 bits per heavy atom. The molecule has 0 atom stereocenters. The van der Waals surface area contributed by atoms with Gasteiger partial charge in [-0.25, -0.2) is 4.98 Å². The number of nitrogens with one attached hydrogen (secondary N) is 3. The fourth-order valence-corrected chi connectivity index (χ4v) is 4.29. The zero-order valence-corrected chi connectivity index (χ0v) is 17.0. The van der Waals surface area contributed by atoms with Crippen molar-refractivity contribution in [3.63, 3.8) is 0 Å². The number of aromatic nitrogens is 4. The standard InChI is InChI=1S/C22H21F3N6O/c23-22(24,25)18-12-31-19(5-2-6-20(31)29-18)27-13-7-9-14(10-8-13)28-21(32)15-3-1-4-17-16(15)11-26-30-17/h1-6,11-14,27H,7-10H2,(H,26,30)(H,28,32)/t13-,14+. The highest BCUT2D eigenvalue weighted by Gasteiger charge is 2.34. The highest BCUT2D eigenvalue weighted by atomic mass is 19.4. The van der Waals surface area contributed by atoms with E-state index in [0.29, 0.717) is 11.4 Å². The SMILES string of the molecule is O=C(N[C@H]1CC[C@@H](Nc2cccc3nc(C(F)(F)F)cn23)CC1)c1cccc2[nH]ncc12. The van der Waals surface area contributed by atoms with Crippen molar-refractivity contribution >= 4 is 28.3 Å². The molecule has 4 aromatic rings. The van der Waals surface area contributed by atoms with Crippen LogP contribution in [0.1, 0.15) is 41.7 Å². The second-order valence-electron chi connectivity index (χ2n) is 8.07. The second kappa shape index (κ2) is 7.85. The Morgan fingerprint density at radius 2 is 1.81 bits per heavy atom. The number of carbonyl (C=O) groups is 1. The van der Waals surface area contributed by atoms with Gasteiger partial charge in [-0.1, -0.05) is 12.1 Å². The normalized spacial score (nSPS) is 19.3. The molecule has 1 amide bonds.